The molecule has 0 aliphatic carbocycles. The number of anilines is 2. The van der Waals surface area contributed by atoms with Crippen LogP contribution in [0, 0.1) is 12.7 Å². The maximum Gasteiger partial charge on any atom is 0.276 e. The van der Waals surface area contributed by atoms with E-state index in [9.17, 15) is 14.3 Å². The maximum atomic E-state index is 13.6. The van der Waals surface area contributed by atoms with Crippen molar-refractivity contribution in [2.24, 2.45) is 0 Å². The fourth-order valence-corrected chi connectivity index (χ4v) is 1.98. The number of carbonyl (C=O) groups excluding carboxylic acids is 1. The molecule has 0 aliphatic rings. The molecule has 9 heteroatoms. The van der Waals surface area contributed by atoms with Crippen LogP contribution >= 0.6 is 0 Å². The van der Waals surface area contributed by atoms with Crippen molar-refractivity contribution >= 4 is 30.7 Å². The molecular weight excluding hydrogens is 328 g/mol. The number of halogens is 1. The minimum atomic E-state index is -1.12. The zero-order valence-corrected chi connectivity index (χ0v) is 13.5. The van der Waals surface area contributed by atoms with Crippen molar-refractivity contribution in [3.8, 4) is 0 Å². The van der Waals surface area contributed by atoms with Crippen LogP contribution in [0.3, 0.4) is 0 Å². The van der Waals surface area contributed by atoms with Crippen molar-refractivity contribution in [2.75, 3.05) is 18.5 Å². The van der Waals surface area contributed by atoms with Gasteiger partial charge < -0.3 is 15.5 Å². The fraction of sp³-hybridized carbons (Fsp3) is 0.250. The molecule has 0 aliphatic heterocycles. The van der Waals surface area contributed by atoms with Gasteiger partial charge in [-0.3, -0.25) is 9.63 Å². The van der Waals surface area contributed by atoms with Crippen LogP contribution in [0.15, 0.2) is 30.5 Å². The van der Waals surface area contributed by atoms with E-state index in [-0.39, 0.29) is 17.9 Å². The second-order valence-corrected chi connectivity index (χ2v) is 5.33. The van der Waals surface area contributed by atoms with Gasteiger partial charge in [-0.2, -0.15) is 0 Å². The predicted octanol–water partition coefficient (Wildman–Crippen LogP) is 0.0811. The number of hydroxylamine groups is 1. The van der Waals surface area contributed by atoms with Gasteiger partial charge >= 0.3 is 0 Å². The molecule has 0 saturated heterocycles. The van der Waals surface area contributed by atoms with E-state index in [4.69, 9.17) is 17.8 Å². The molecule has 1 aromatic carbocycles. The number of nitrogens with zero attached hydrogens (tertiary/aromatic N) is 1. The van der Waals surface area contributed by atoms with Crippen LogP contribution in [0.2, 0.25) is 0 Å². The lowest BCUT2D eigenvalue weighted by Crippen LogP contribution is -2.30. The smallest absolute Gasteiger partial charge is 0.276 e. The van der Waals surface area contributed by atoms with Gasteiger partial charge in [0.25, 0.3) is 5.91 Å². The normalized spacial score (nSPS) is 11.8. The molecule has 1 atom stereocenters. The zero-order valence-electron chi connectivity index (χ0n) is 13.5. The van der Waals surface area contributed by atoms with Gasteiger partial charge in [0.1, 0.15) is 32.2 Å². The van der Waals surface area contributed by atoms with Gasteiger partial charge in [0, 0.05) is 6.20 Å². The molecule has 0 spiro atoms. The van der Waals surface area contributed by atoms with Crippen molar-refractivity contribution in [1.29, 1.82) is 0 Å². The van der Waals surface area contributed by atoms with Crippen molar-refractivity contribution in [2.45, 2.75) is 13.0 Å². The molecule has 0 saturated carbocycles. The summed E-state index contributed by atoms with van der Waals surface area (Å²) >= 11 is 0. The number of hydrogen-bond donors (Lipinski definition) is 4. The van der Waals surface area contributed by atoms with E-state index in [1.807, 2.05) is 0 Å². The number of aromatic nitrogens is 1. The van der Waals surface area contributed by atoms with Crippen LogP contribution in [0.5, 0.6) is 0 Å². The molecule has 0 bridgehead atoms. The van der Waals surface area contributed by atoms with E-state index in [2.05, 4.69) is 15.8 Å². The highest BCUT2D eigenvalue weighted by Gasteiger charge is 2.15. The average Bonchev–Trinajstić information content (AvgIpc) is 2.57. The van der Waals surface area contributed by atoms with E-state index in [1.165, 1.54) is 12.3 Å². The summed E-state index contributed by atoms with van der Waals surface area (Å²) in [5.41, 5.74) is 3.62. The summed E-state index contributed by atoms with van der Waals surface area (Å²) in [6.07, 6.45) is 0.320. The number of benzene rings is 1. The molecule has 1 aromatic heterocycles. The summed E-state index contributed by atoms with van der Waals surface area (Å²) in [4.78, 5) is 21.1. The Hall–Kier alpha value is -2.49. The van der Waals surface area contributed by atoms with E-state index in [1.54, 1.807) is 13.0 Å². The summed E-state index contributed by atoms with van der Waals surface area (Å²) in [6.45, 7) is 0.982. The van der Waals surface area contributed by atoms with Crippen molar-refractivity contribution in [3.63, 3.8) is 0 Å². The molecule has 1 amide bonds. The topological polar surface area (TPSA) is 104 Å². The van der Waals surface area contributed by atoms with Gasteiger partial charge in [-0.1, -0.05) is 11.5 Å². The third-order valence-electron chi connectivity index (χ3n) is 3.23. The maximum absolute atomic E-state index is 13.6. The number of aliphatic hydroxyl groups is 2. The summed E-state index contributed by atoms with van der Waals surface area (Å²) < 4.78 is 13.6. The fourth-order valence-electron chi connectivity index (χ4n) is 1.98. The number of amides is 1. The first-order valence-corrected chi connectivity index (χ1v) is 7.40. The highest BCUT2D eigenvalue weighted by atomic mass is 19.1. The molecule has 25 heavy (non-hydrogen) atoms. The largest absolute Gasteiger partial charge is 0.394 e. The Labute approximate surface area is 145 Å². The predicted molar refractivity (Wildman–Crippen MR) is 90.6 cm³/mol. The standard InChI is InChI=1S/C16H17BFN3O4/c1-9-4-10(17)6-19-15(9)20-14-5-11(18)2-3-13(14)16(24)21-25-8-12(23)7-22/h2-6,12,22-23H,7-8H2,1H3,(H,19,20)(H,21,24). The first-order chi connectivity index (χ1) is 11.9. The quantitative estimate of drug-likeness (QED) is 0.419. The van der Waals surface area contributed by atoms with Crippen molar-refractivity contribution in [1.82, 2.24) is 10.5 Å². The Morgan fingerprint density at radius 3 is 2.88 bits per heavy atom. The summed E-state index contributed by atoms with van der Waals surface area (Å²) in [7, 11) is 5.64. The molecule has 7 nitrogen and oxygen atoms in total. The van der Waals surface area contributed by atoms with Gasteiger partial charge in [-0.15, -0.1) is 0 Å². The van der Waals surface area contributed by atoms with Crippen LogP contribution in [-0.4, -0.2) is 48.3 Å². The van der Waals surface area contributed by atoms with Crippen LogP contribution in [0.25, 0.3) is 0 Å². The lowest BCUT2D eigenvalue weighted by Gasteiger charge is -2.14. The third kappa shape index (κ3) is 5.25. The average molecular weight is 345 g/mol. The molecule has 2 rings (SSSR count). The number of aliphatic hydroxyl groups excluding tert-OH is 2. The Bertz CT molecular complexity index is 760. The second kappa shape index (κ2) is 8.56. The van der Waals surface area contributed by atoms with E-state index >= 15 is 0 Å². The van der Waals surface area contributed by atoms with Crippen LogP contribution in [0.1, 0.15) is 15.9 Å². The molecule has 130 valence electrons. The Kier molecular flexibility index (Phi) is 6.46. The Balaban J connectivity index is 2.17. The zero-order chi connectivity index (χ0) is 18.4. The Morgan fingerprint density at radius 1 is 1.44 bits per heavy atom. The van der Waals surface area contributed by atoms with Gasteiger partial charge in [0.2, 0.25) is 0 Å². The second-order valence-electron chi connectivity index (χ2n) is 5.33. The number of pyridine rings is 1. The van der Waals surface area contributed by atoms with E-state index < -0.39 is 24.4 Å². The minimum absolute atomic E-state index is 0.109. The van der Waals surface area contributed by atoms with Gasteiger partial charge in [-0.25, -0.2) is 14.9 Å². The van der Waals surface area contributed by atoms with Crippen LogP contribution in [0.4, 0.5) is 15.9 Å². The molecule has 1 heterocycles. The van der Waals surface area contributed by atoms with Gasteiger partial charge in [-0.05, 0) is 30.7 Å². The van der Waals surface area contributed by atoms with Crippen molar-refractivity contribution in [3.05, 3.63) is 47.4 Å². The molecular formula is C16H17BFN3O4. The third-order valence-corrected chi connectivity index (χ3v) is 3.23. The van der Waals surface area contributed by atoms with Gasteiger partial charge in [0.05, 0.1) is 17.9 Å². The van der Waals surface area contributed by atoms with E-state index in [0.29, 0.717) is 11.3 Å². The first kappa shape index (κ1) is 18.8. The lowest BCUT2D eigenvalue weighted by molar-refractivity contribution is -0.0295. The van der Waals surface area contributed by atoms with Gasteiger partial charge in [0.15, 0.2) is 0 Å². The van der Waals surface area contributed by atoms with Crippen LogP contribution in [-0.2, 0) is 4.84 Å². The molecule has 4 N–H and O–H groups in total. The summed E-state index contributed by atoms with van der Waals surface area (Å²) in [6, 6.07) is 5.25. The summed E-state index contributed by atoms with van der Waals surface area (Å²) in [5, 5.41) is 20.8. The minimum Gasteiger partial charge on any atom is -0.394 e. The molecule has 2 radical (unpaired) electrons. The Morgan fingerprint density at radius 2 is 2.20 bits per heavy atom. The SMILES string of the molecule is [B]c1cnc(Nc2cc(F)ccc2C(=O)NOCC(O)CO)c(C)c1. The highest BCUT2D eigenvalue weighted by Crippen LogP contribution is 2.22. The van der Waals surface area contributed by atoms with Crippen LogP contribution < -0.4 is 16.3 Å². The number of hydrogen-bond acceptors (Lipinski definition) is 6. The number of carbonyl (C=O) groups is 1. The molecule has 2 aromatic rings. The highest BCUT2D eigenvalue weighted by molar-refractivity contribution is 6.32. The monoisotopic (exact) mass is 345 g/mol. The van der Waals surface area contributed by atoms with Crippen molar-refractivity contribution < 1.29 is 24.2 Å². The number of nitrogens with one attached hydrogen (secondary N) is 2. The number of rotatable bonds is 7. The first-order valence-electron chi connectivity index (χ1n) is 7.40. The number of aryl methyl sites for hydroxylation is 1. The summed E-state index contributed by atoms with van der Waals surface area (Å²) in [5.74, 6) is -0.769. The lowest BCUT2D eigenvalue weighted by atomic mass is 9.97. The van der Waals surface area contributed by atoms with E-state index in [0.717, 1.165) is 17.7 Å². The molecule has 0 fully saturated rings. The molecule has 1 unspecified atom stereocenters.